The monoisotopic (exact) mass is 395 g/mol. The van der Waals surface area contributed by atoms with Gasteiger partial charge >= 0.3 is 5.97 Å². The summed E-state index contributed by atoms with van der Waals surface area (Å²) in [6.07, 6.45) is 1.86. The van der Waals surface area contributed by atoms with Crippen LogP contribution in [-0.2, 0) is 4.79 Å². The SMILES string of the molecule is O=C(O)C1CCC(O)(CNc2c(Cl)cc(Br)cc2Cl)CC1. The number of carboxylic acids is 1. The van der Waals surface area contributed by atoms with Crippen molar-refractivity contribution in [3.63, 3.8) is 0 Å². The lowest BCUT2D eigenvalue weighted by Gasteiger charge is -2.35. The highest BCUT2D eigenvalue weighted by atomic mass is 79.9. The molecule has 1 aliphatic carbocycles. The predicted octanol–water partition coefficient (Wildman–Crippen LogP) is 4.17. The number of aliphatic carboxylic acids is 1. The molecule has 0 aromatic heterocycles. The number of aliphatic hydroxyl groups is 1. The van der Waals surface area contributed by atoms with Crippen molar-refractivity contribution < 1.29 is 15.0 Å². The van der Waals surface area contributed by atoms with Gasteiger partial charge in [-0.15, -0.1) is 0 Å². The van der Waals surface area contributed by atoms with E-state index in [1.165, 1.54) is 0 Å². The molecule has 0 aliphatic heterocycles. The Hall–Kier alpha value is -0.490. The second-order valence-corrected chi connectivity index (χ2v) is 7.16. The minimum Gasteiger partial charge on any atom is -0.481 e. The number of hydrogen-bond donors (Lipinski definition) is 3. The Balaban J connectivity index is 1.99. The van der Waals surface area contributed by atoms with Gasteiger partial charge in [0.05, 0.1) is 27.3 Å². The van der Waals surface area contributed by atoms with E-state index in [1.54, 1.807) is 12.1 Å². The fourth-order valence-electron chi connectivity index (χ4n) is 2.54. The number of halogens is 3. The Morgan fingerprint density at radius 1 is 1.33 bits per heavy atom. The van der Waals surface area contributed by atoms with Crippen molar-refractivity contribution in [2.45, 2.75) is 31.3 Å². The van der Waals surface area contributed by atoms with E-state index in [0.29, 0.717) is 48.0 Å². The fraction of sp³-hybridized carbons (Fsp3) is 0.500. The molecule has 116 valence electrons. The van der Waals surface area contributed by atoms with Gasteiger partial charge in [0.15, 0.2) is 0 Å². The zero-order chi connectivity index (χ0) is 15.6. The zero-order valence-electron chi connectivity index (χ0n) is 11.2. The van der Waals surface area contributed by atoms with Gasteiger partial charge < -0.3 is 15.5 Å². The molecular weight excluding hydrogens is 381 g/mol. The third-order valence-corrected chi connectivity index (χ3v) is 4.92. The molecule has 0 heterocycles. The third-order valence-electron chi connectivity index (χ3n) is 3.87. The average Bonchev–Trinajstić information content (AvgIpc) is 2.37. The Morgan fingerprint density at radius 3 is 2.33 bits per heavy atom. The molecule has 3 N–H and O–H groups in total. The van der Waals surface area contributed by atoms with Crippen molar-refractivity contribution in [2.75, 3.05) is 11.9 Å². The molecule has 0 radical (unpaired) electrons. The van der Waals surface area contributed by atoms with E-state index in [1.807, 2.05) is 0 Å². The normalized spacial score (nSPS) is 25.6. The Kier molecular flexibility index (Phi) is 5.41. The molecule has 4 nitrogen and oxygen atoms in total. The Morgan fingerprint density at radius 2 is 1.86 bits per heavy atom. The molecule has 1 saturated carbocycles. The van der Waals surface area contributed by atoms with Crippen LogP contribution in [-0.4, -0.2) is 28.3 Å². The van der Waals surface area contributed by atoms with Gasteiger partial charge in [0.1, 0.15) is 0 Å². The number of carbonyl (C=O) groups is 1. The second-order valence-electron chi connectivity index (χ2n) is 5.43. The van der Waals surface area contributed by atoms with Crippen LogP contribution in [0.4, 0.5) is 5.69 Å². The lowest BCUT2D eigenvalue weighted by molar-refractivity contribution is -0.144. The van der Waals surface area contributed by atoms with Crippen molar-refractivity contribution in [3.8, 4) is 0 Å². The first-order valence-corrected chi connectivity index (χ1v) is 8.19. The minimum absolute atomic E-state index is 0.292. The number of hydrogen-bond acceptors (Lipinski definition) is 3. The summed E-state index contributed by atoms with van der Waals surface area (Å²) in [5.74, 6) is -1.14. The highest BCUT2D eigenvalue weighted by molar-refractivity contribution is 9.10. The summed E-state index contributed by atoms with van der Waals surface area (Å²) >= 11 is 15.6. The molecule has 0 unspecified atom stereocenters. The van der Waals surface area contributed by atoms with Crippen LogP contribution in [0.2, 0.25) is 10.0 Å². The Labute approximate surface area is 141 Å². The third kappa shape index (κ3) is 4.25. The largest absolute Gasteiger partial charge is 0.481 e. The van der Waals surface area contributed by atoms with E-state index in [-0.39, 0.29) is 5.92 Å². The fourth-order valence-corrected chi connectivity index (χ4v) is 3.88. The lowest BCUT2D eigenvalue weighted by atomic mass is 9.79. The molecule has 0 atom stereocenters. The summed E-state index contributed by atoms with van der Waals surface area (Å²) in [6, 6.07) is 3.45. The van der Waals surface area contributed by atoms with Gasteiger partial charge in [-0.05, 0) is 37.8 Å². The maximum atomic E-state index is 10.9. The molecule has 0 saturated heterocycles. The topological polar surface area (TPSA) is 69.6 Å². The van der Waals surface area contributed by atoms with Gasteiger partial charge in [0, 0.05) is 11.0 Å². The van der Waals surface area contributed by atoms with Crippen LogP contribution in [0.15, 0.2) is 16.6 Å². The first kappa shape index (κ1) is 16.9. The van der Waals surface area contributed by atoms with Gasteiger partial charge in [-0.1, -0.05) is 39.1 Å². The van der Waals surface area contributed by atoms with Crippen molar-refractivity contribution in [2.24, 2.45) is 5.92 Å². The van der Waals surface area contributed by atoms with Crippen LogP contribution in [0, 0.1) is 5.92 Å². The quantitative estimate of drug-likeness (QED) is 0.714. The number of anilines is 1. The second kappa shape index (κ2) is 6.73. The molecule has 0 amide bonds. The molecular formula is C14H16BrCl2NO3. The smallest absolute Gasteiger partial charge is 0.306 e. The molecule has 1 aromatic carbocycles. The van der Waals surface area contributed by atoms with Gasteiger partial charge in [0.25, 0.3) is 0 Å². The van der Waals surface area contributed by atoms with E-state index >= 15 is 0 Å². The van der Waals surface area contributed by atoms with Crippen molar-refractivity contribution in [1.29, 1.82) is 0 Å². The first-order chi connectivity index (χ1) is 9.81. The van der Waals surface area contributed by atoms with Crippen molar-refractivity contribution >= 4 is 50.8 Å². The number of carboxylic acid groups (broad SMARTS) is 1. The summed E-state index contributed by atoms with van der Waals surface area (Å²) in [7, 11) is 0. The summed E-state index contributed by atoms with van der Waals surface area (Å²) in [4.78, 5) is 10.9. The molecule has 21 heavy (non-hydrogen) atoms. The molecule has 1 aliphatic rings. The Bertz CT molecular complexity index is 522. The van der Waals surface area contributed by atoms with Crippen LogP contribution >= 0.6 is 39.1 Å². The van der Waals surface area contributed by atoms with E-state index in [9.17, 15) is 9.90 Å². The molecule has 0 spiro atoms. The van der Waals surface area contributed by atoms with Crippen LogP contribution in [0.5, 0.6) is 0 Å². The summed E-state index contributed by atoms with van der Waals surface area (Å²) in [5, 5.41) is 23.5. The average molecular weight is 397 g/mol. The highest BCUT2D eigenvalue weighted by Crippen LogP contribution is 2.36. The van der Waals surface area contributed by atoms with Gasteiger partial charge in [-0.3, -0.25) is 4.79 Å². The summed E-state index contributed by atoms with van der Waals surface area (Å²) in [5.41, 5.74) is -0.346. The molecule has 2 rings (SSSR count). The van der Waals surface area contributed by atoms with Crippen LogP contribution < -0.4 is 5.32 Å². The van der Waals surface area contributed by atoms with Gasteiger partial charge in [-0.2, -0.15) is 0 Å². The van der Waals surface area contributed by atoms with Gasteiger partial charge in [0.2, 0.25) is 0 Å². The number of benzene rings is 1. The highest BCUT2D eigenvalue weighted by Gasteiger charge is 2.35. The zero-order valence-corrected chi connectivity index (χ0v) is 14.3. The van der Waals surface area contributed by atoms with Crippen LogP contribution in [0.3, 0.4) is 0 Å². The molecule has 1 aromatic rings. The van der Waals surface area contributed by atoms with E-state index in [2.05, 4.69) is 21.2 Å². The van der Waals surface area contributed by atoms with E-state index in [0.717, 1.165) is 4.47 Å². The minimum atomic E-state index is -0.925. The maximum absolute atomic E-state index is 10.9. The molecule has 0 bridgehead atoms. The summed E-state index contributed by atoms with van der Waals surface area (Å²) in [6.45, 7) is 0.292. The van der Waals surface area contributed by atoms with Crippen LogP contribution in [0.25, 0.3) is 0 Å². The van der Waals surface area contributed by atoms with E-state index in [4.69, 9.17) is 28.3 Å². The molecule has 1 fully saturated rings. The van der Waals surface area contributed by atoms with Crippen molar-refractivity contribution in [3.05, 3.63) is 26.7 Å². The molecule has 7 heteroatoms. The summed E-state index contributed by atoms with van der Waals surface area (Å²) < 4.78 is 0.781. The number of rotatable bonds is 4. The van der Waals surface area contributed by atoms with Gasteiger partial charge in [-0.25, -0.2) is 0 Å². The van der Waals surface area contributed by atoms with E-state index < -0.39 is 11.6 Å². The number of nitrogens with one attached hydrogen (secondary N) is 1. The van der Waals surface area contributed by atoms with Crippen LogP contribution in [0.1, 0.15) is 25.7 Å². The maximum Gasteiger partial charge on any atom is 0.306 e. The van der Waals surface area contributed by atoms with Crippen molar-refractivity contribution in [1.82, 2.24) is 0 Å². The first-order valence-electron chi connectivity index (χ1n) is 6.64. The standard InChI is InChI=1S/C14H16BrCl2NO3/c15-9-5-10(16)12(11(17)6-9)18-7-14(21)3-1-8(2-4-14)13(19)20/h5-6,8,18,21H,1-4,7H2,(H,19,20). The lowest BCUT2D eigenvalue weighted by Crippen LogP contribution is -2.41. The predicted molar refractivity (Wildman–Crippen MR) is 87.2 cm³/mol.